The number of hydrogen-bond acceptors (Lipinski definition) is 13. The Hall–Kier alpha value is -4.10. The van der Waals surface area contributed by atoms with Crippen LogP contribution >= 0.6 is 8.17 Å². The predicted octanol–water partition coefficient (Wildman–Crippen LogP) is 3.90. The molecule has 15 heteroatoms. The van der Waals surface area contributed by atoms with E-state index in [1.54, 1.807) is 23.6 Å². The van der Waals surface area contributed by atoms with Gasteiger partial charge in [-0.1, -0.05) is 55.8 Å². The molecule has 0 saturated carbocycles. The van der Waals surface area contributed by atoms with Gasteiger partial charge in [0.25, 0.3) is 0 Å². The quantitative estimate of drug-likeness (QED) is 0.188. The zero-order chi connectivity index (χ0) is 32.5. The zero-order valence-corrected chi connectivity index (χ0v) is 26.9. The highest BCUT2D eigenvalue weighted by Gasteiger charge is 2.46. The normalized spacial score (nSPS) is 21.2. The first-order valence-corrected chi connectivity index (χ1v) is 15.5. The maximum Gasteiger partial charge on any atom is 0.395 e. The molecule has 0 aliphatic carbocycles. The molecule has 3 heterocycles. The van der Waals surface area contributed by atoms with Crippen molar-refractivity contribution >= 4 is 42.0 Å². The summed E-state index contributed by atoms with van der Waals surface area (Å²) < 4.78 is 34.4. The Balaban J connectivity index is 1.34. The van der Waals surface area contributed by atoms with Crippen molar-refractivity contribution in [1.82, 2.24) is 19.5 Å². The van der Waals surface area contributed by atoms with Gasteiger partial charge in [-0.3, -0.25) is 9.09 Å². The molecule has 5 atom stereocenters. The lowest BCUT2D eigenvalue weighted by Gasteiger charge is -2.24. The van der Waals surface area contributed by atoms with E-state index in [1.165, 1.54) is 20.4 Å². The summed E-state index contributed by atoms with van der Waals surface area (Å²) in [5.74, 6) is 0.0988. The average molecular weight is 641 g/mol. The summed E-state index contributed by atoms with van der Waals surface area (Å²) in [4.78, 5) is 38.1. The number of benzene rings is 2. The molecule has 1 saturated heterocycles. The fraction of sp³-hybridized carbons (Fsp3) is 0.467. The van der Waals surface area contributed by atoms with Crippen LogP contribution in [-0.4, -0.2) is 68.7 Å². The van der Waals surface area contributed by atoms with Crippen LogP contribution in [0.4, 0.5) is 5.95 Å². The Morgan fingerprint density at radius 3 is 2.78 bits per heavy atom. The van der Waals surface area contributed by atoms with Crippen LogP contribution in [0.1, 0.15) is 47.3 Å². The van der Waals surface area contributed by atoms with E-state index in [9.17, 15) is 14.8 Å². The molecule has 0 radical (unpaired) electrons. The molecule has 1 aliphatic heterocycles. The van der Waals surface area contributed by atoms with Crippen molar-refractivity contribution in [2.45, 2.75) is 65.0 Å². The smallest absolute Gasteiger partial charge is 0.395 e. The van der Waals surface area contributed by atoms with E-state index < -0.39 is 38.1 Å². The van der Waals surface area contributed by atoms with Crippen molar-refractivity contribution in [3.05, 3.63) is 42.7 Å². The van der Waals surface area contributed by atoms with Gasteiger partial charge in [-0.05, 0) is 30.7 Å². The monoisotopic (exact) mass is 640 g/mol. The molecule has 14 nitrogen and oxygen atoms in total. The van der Waals surface area contributed by atoms with E-state index in [0.29, 0.717) is 22.3 Å². The number of imidazole rings is 1. The van der Waals surface area contributed by atoms with Crippen LogP contribution in [0.2, 0.25) is 0 Å². The second kappa shape index (κ2) is 12.7. The molecule has 0 amide bonds. The number of nitrogens with two attached hydrogens (primary N) is 1. The van der Waals surface area contributed by atoms with Crippen LogP contribution in [-0.2, 0) is 14.3 Å². The molecule has 0 spiro atoms. The van der Waals surface area contributed by atoms with Crippen LogP contribution in [0.15, 0.2) is 47.5 Å². The highest BCUT2D eigenvalue weighted by atomic mass is 31.1. The fourth-order valence-corrected chi connectivity index (χ4v) is 5.70. The maximum atomic E-state index is 13.0. The van der Waals surface area contributed by atoms with Crippen molar-refractivity contribution in [1.29, 1.82) is 0 Å². The van der Waals surface area contributed by atoms with Gasteiger partial charge in [-0.2, -0.15) is 9.97 Å². The molecule has 1 aliphatic rings. The van der Waals surface area contributed by atoms with Gasteiger partial charge in [-0.25, -0.2) is 9.78 Å². The zero-order valence-electron chi connectivity index (χ0n) is 26.0. The number of ether oxygens (including phenoxy) is 4. The Kier molecular flexibility index (Phi) is 9.13. The lowest BCUT2D eigenvalue weighted by Crippen LogP contribution is -2.32. The van der Waals surface area contributed by atoms with Crippen LogP contribution in [0, 0.1) is 5.41 Å². The van der Waals surface area contributed by atoms with Gasteiger partial charge >= 0.3 is 14.1 Å². The van der Waals surface area contributed by atoms with E-state index >= 15 is 0 Å². The molecule has 240 valence electrons. The van der Waals surface area contributed by atoms with Gasteiger partial charge in [0.15, 0.2) is 29.2 Å². The number of hydrogen-bond donors (Lipinski definition) is 2. The predicted molar refractivity (Wildman–Crippen MR) is 165 cm³/mol. The third-order valence-corrected chi connectivity index (χ3v) is 7.91. The number of rotatable bonds is 10. The van der Waals surface area contributed by atoms with Crippen molar-refractivity contribution < 1.29 is 38.3 Å². The second-order valence-corrected chi connectivity index (χ2v) is 13.2. The number of carbonyl (C=O) groups excluding carboxylic acids is 1. The minimum absolute atomic E-state index is 0.0104. The third-order valence-electron chi connectivity index (χ3n) is 7.04. The van der Waals surface area contributed by atoms with Gasteiger partial charge in [-0.15, -0.1) is 0 Å². The molecular formula is C30H37N6O8P. The second-order valence-electron chi connectivity index (χ2n) is 12.3. The van der Waals surface area contributed by atoms with Crippen molar-refractivity contribution in [2.24, 2.45) is 10.2 Å². The van der Waals surface area contributed by atoms with Gasteiger partial charge in [0, 0.05) is 11.8 Å². The molecule has 0 bridgehead atoms. The number of esters is 1. The standard InChI is InChI=1S/C30H37N6O8P/c1-17(26(37)42-15-29(2,3)4)35-45(39)44-23-20-10-8-7-9-18(20)11-12-21(23)41-14-19-13-30(5,38)27(43-19)36-16-32-22-24(36)33-28(31)34-25(22)40-6/h7-12,16-17,19,27,38H,13-15H2,1-6H3,(H2,31,33,34)/t17-,19-,27?,30+/m0/s1. The Morgan fingerprint density at radius 2 is 2.04 bits per heavy atom. The SMILES string of the molecule is COc1nc(N)nc2c1ncn2C1O[C@H](COc2ccc3ccccc3c2O[P+]([O-])=N[C@@H](C)C(=O)OCC(C)(C)C)C[C@@]1(C)O. The van der Waals surface area contributed by atoms with Crippen LogP contribution in [0.3, 0.4) is 0 Å². The lowest BCUT2D eigenvalue weighted by molar-refractivity contribution is -0.169. The number of nitrogen functional groups attached to an aromatic ring is 1. The summed E-state index contributed by atoms with van der Waals surface area (Å²) in [6.07, 6.45) is 0.282. The molecule has 1 fully saturated rings. The summed E-state index contributed by atoms with van der Waals surface area (Å²) >= 11 is 0. The van der Waals surface area contributed by atoms with Gasteiger partial charge in [0.05, 0.1) is 26.1 Å². The highest BCUT2D eigenvalue weighted by Crippen LogP contribution is 2.43. The number of aliphatic hydroxyl groups is 1. The summed E-state index contributed by atoms with van der Waals surface area (Å²) in [6, 6.07) is 9.91. The Labute approximate surface area is 261 Å². The number of anilines is 1. The molecule has 4 aromatic rings. The molecule has 2 aromatic heterocycles. The first kappa shape index (κ1) is 32.3. The summed E-state index contributed by atoms with van der Waals surface area (Å²) in [7, 11) is -1.22. The Bertz CT molecular complexity index is 1740. The number of nitrogens with zero attached hydrogens (tertiary/aromatic N) is 5. The third kappa shape index (κ3) is 7.25. The van der Waals surface area contributed by atoms with E-state index in [1.807, 2.05) is 45.0 Å². The van der Waals surface area contributed by atoms with Crippen LogP contribution in [0.5, 0.6) is 17.4 Å². The van der Waals surface area contributed by atoms with E-state index in [4.69, 9.17) is 29.2 Å². The van der Waals surface area contributed by atoms with Crippen molar-refractivity contribution in [2.75, 3.05) is 26.1 Å². The van der Waals surface area contributed by atoms with E-state index in [-0.39, 0.29) is 42.6 Å². The molecule has 3 N–H and O–H groups in total. The largest absolute Gasteiger partial charge is 0.575 e. The number of fused-ring (bicyclic) bond motifs is 2. The molecule has 2 unspecified atom stereocenters. The molecule has 45 heavy (non-hydrogen) atoms. The number of aromatic nitrogens is 4. The molecule has 5 rings (SSSR count). The van der Waals surface area contributed by atoms with Crippen LogP contribution in [0.25, 0.3) is 21.9 Å². The van der Waals surface area contributed by atoms with E-state index in [2.05, 4.69) is 19.7 Å². The summed E-state index contributed by atoms with van der Waals surface area (Å²) in [5.41, 5.74) is 5.04. The van der Waals surface area contributed by atoms with Gasteiger partial charge < -0.3 is 34.7 Å². The fourth-order valence-electron chi connectivity index (χ4n) is 4.93. The average Bonchev–Trinajstić information content (AvgIpc) is 3.53. The minimum Gasteiger partial charge on any atom is -0.575 e. The molecular weight excluding hydrogens is 603 g/mol. The Morgan fingerprint density at radius 1 is 1.29 bits per heavy atom. The van der Waals surface area contributed by atoms with Gasteiger partial charge in [0.1, 0.15) is 12.2 Å². The van der Waals surface area contributed by atoms with Crippen molar-refractivity contribution in [3.63, 3.8) is 0 Å². The first-order chi connectivity index (χ1) is 21.3. The minimum atomic E-state index is -2.67. The topological polar surface area (TPSA) is 188 Å². The number of methoxy groups -OCH3 is 1. The lowest BCUT2D eigenvalue weighted by atomic mass is 9.99. The summed E-state index contributed by atoms with van der Waals surface area (Å²) in [5, 5.41) is 12.8. The molecule has 2 aromatic carbocycles. The summed E-state index contributed by atoms with van der Waals surface area (Å²) in [6.45, 7) is 9.19. The van der Waals surface area contributed by atoms with E-state index in [0.717, 1.165) is 5.39 Å². The highest BCUT2D eigenvalue weighted by molar-refractivity contribution is 7.34. The van der Waals surface area contributed by atoms with Gasteiger partial charge in [0.2, 0.25) is 17.6 Å². The maximum absolute atomic E-state index is 13.0. The van der Waals surface area contributed by atoms with Crippen molar-refractivity contribution in [3.8, 4) is 17.4 Å². The van der Waals surface area contributed by atoms with Crippen LogP contribution < -0.4 is 24.6 Å². The number of carbonyl (C=O) groups is 1. The first-order valence-electron chi connectivity index (χ1n) is 14.3.